The summed E-state index contributed by atoms with van der Waals surface area (Å²) >= 11 is 0. The van der Waals surface area contributed by atoms with Crippen LogP contribution >= 0.6 is 0 Å². The summed E-state index contributed by atoms with van der Waals surface area (Å²) in [5.41, 5.74) is 6.11. The summed E-state index contributed by atoms with van der Waals surface area (Å²) in [6, 6.07) is 6.53. The smallest absolute Gasteiger partial charge is 0.319 e. The van der Waals surface area contributed by atoms with E-state index in [0.29, 0.717) is 24.2 Å². The number of nitrogens with two attached hydrogens (primary N) is 1. The van der Waals surface area contributed by atoms with Gasteiger partial charge in [-0.15, -0.1) is 0 Å². The number of carboxylic acids is 1. The van der Waals surface area contributed by atoms with Crippen molar-refractivity contribution in [2.45, 2.75) is 37.6 Å². The molecular formula is C14H19N3O3. The van der Waals surface area contributed by atoms with E-state index in [9.17, 15) is 9.59 Å². The van der Waals surface area contributed by atoms with Crippen LogP contribution in [0.25, 0.3) is 0 Å². The third kappa shape index (κ3) is 3.40. The zero-order valence-corrected chi connectivity index (χ0v) is 11.2. The Hall–Kier alpha value is -2.24. The van der Waals surface area contributed by atoms with E-state index in [1.165, 1.54) is 0 Å². The summed E-state index contributed by atoms with van der Waals surface area (Å²) < 4.78 is 0. The van der Waals surface area contributed by atoms with Crippen LogP contribution in [0.4, 0.5) is 16.2 Å². The topological polar surface area (TPSA) is 104 Å². The Morgan fingerprint density at radius 3 is 2.50 bits per heavy atom. The number of urea groups is 1. The summed E-state index contributed by atoms with van der Waals surface area (Å²) in [5.74, 6) is -0.897. The number of para-hydroxylation sites is 2. The van der Waals surface area contributed by atoms with Crippen LogP contribution < -0.4 is 16.4 Å². The first-order valence-corrected chi connectivity index (χ1v) is 6.66. The SMILES string of the molecule is Nc1ccccc1NC(=O)NC1(CC(=O)O)CCCC1. The van der Waals surface area contributed by atoms with E-state index in [-0.39, 0.29) is 6.42 Å². The van der Waals surface area contributed by atoms with Gasteiger partial charge in [-0.1, -0.05) is 25.0 Å². The van der Waals surface area contributed by atoms with Gasteiger partial charge in [-0.3, -0.25) is 4.79 Å². The van der Waals surface area contributed by atoms with Crippen LogP contribution in [0.15, 0.2) is 24.3 Å². The van der Waals surface area contributed by atoms with Crippen LogP contribution in [0.3, 0.4) is 0 Å². The molecule has 0 heterocycles. The van der Waals surface area contributed by atoms with Crippen molar-refractivity contribution in [1.29, 1.82) is 0 Å². The van der Waals surface area contributed by atoms with Crippen LogP contribution in [0.5, 0.6) is 0 Å². The van der Waals surface area contributed by atoms with Gasteiger partial charge in [0.1, 0.15) is 0 Å². The number of nitrogen functional groups attached to an aromatic ring is 1. The molecule has 2 rings (SSSR count). The normalized spacial score (nSPS) is 16.6. The summed E-state index contributed by atoms with van der Waals surface area (Å²) in [6.45, 7) is 0. The number of carboxylic acid groups (broad SMARTS) is 1. The van der Waals surface area contributed by atoms with Gasteiger partial charge in [-0.05, 0) is 25.0 Å². The number of aliphatic carboxylic acids is 1. The first-order chi connectivity index (χ1) is 9.51. The molecule has 0 unspecified atom stereocenters. The van der Waals surface area contributed by atoms with Gasteiger partial charge in [-0.25, -0.2) is 4.79 Å². The summed E-state index contributed by atoms with van der Waals surface area (Å²) in [7, 11) is 0. The molecule has 5 N–H and O–H groups in total. The number of amides is 2. The Kier molecular flexibility index (Phi) is 4.12. The highest BCUT2D eigenvalue weighted by Gasteiger charge is 2.37. The molecule has 108 valence electrons. The lowest BCUT2D eigenvalue weighted by atomic mass is 9.93. The molecule has 1 aromatic rings. The summed E-state index contributed by atoms with van der Waals surface area (Å²) in [6.07, 6.45) is 3.20. The number of hydrogen-bond acceptors (Lipinski definition) is 3. The molecule has 0 aromatic heterocycles. The maximum Gasteiger partial charge on any atom is 0.319 e. The molecule has 0 aliphatic heterocycles. The van der Waals surface area contributed by atoms with Crippen LogP contribution in [-0.4, -0.2) is 22.6 Å². The second-order valence-corrected chi connectivity index (χ2v) is 5.22. The Morgan fingerprint density at radius 2 is 1.90 bits per heavy atom. The Morgan fingerprint density at radius 1 is 1.25 bits per heavy atom. The predicted molar refractivity (Wildman–Crippen MR) is 76.5 cm³/mol. The minimum absolute atomic E-state index is 0.0509. The fraction of sp³-hybridized carbons (Fsp3) is 0.429. The highest BCUT2D eigenvalue weighted by Crippen LogP contribution is 2.32. The van der Waals surface area contributed by atoms with Crippen molar-refractivity contribution in [3.05, 3.63) is 24.3 Å². The Balaban J connectivity index is 2.02. The molecule has 6 nitrogen and oxygen atoms in total. The standard InChI is InChI=1S/C14H19N3O3/c15-10-5-1-2-6-11(10)16-13(20)17-14(9-12(18)19)7-3-4-8-14/h1-2,5-6H,3-4,7-9,15H2,(H,18,19)(H2,16,17,20). The van der Waals surface area contributed by atoms with Crippen LogP contribution in [0, 0.1) is 0 Å². The molecule has 1 fully saturated rings. The maximum absolute atomic E-state index is 12.0. The molecule has 0 spiro atoms. The van der Waals surface area contributed by atoms with Crippen molar-refractivity contribution in [3.63, 3.8) is 0 Å². The molecule has 0 atom stereocenters. The lowest BCUT2D eigenvalue weighted by molar-refractivity contribution is -0.138. The highest BCUT2D eigenvalue weighted by molar-refractivity contribution is 5.93. The van der Waals surface area contributed by atoms with E-state index in [4.69, 9.17) is 10.8 Å². The largest absolute Gasteiger partial charge is 0.481 e. The van der Waals surface area contributed by atoms with E-state index in [0.717, 1.165) is 12.8 Å². The third-order valence-electron chi connectivity index (χ3n) is 3.64. The van der Waals surface area contributed by atoms with Crippen LogP contribution in [0.1, 0.15) is 32.1 Å². The lowest BCUT2D eigenvalue weighted by Crippen LogP contribution is -2.49. The third-order valence-corrected chi connectivity index (χ3v) is 3.64. The van der Waals surface area contributed by atoms with Gasteiger partial charge in [0.2, 0.25) is 0 Å². The van der Waals surface area contributed by atoms with Gasteiger partial charge >= 0.3 is 12.0 Å². The minimum Gasteiger partial charge on any atom is -0.481 e. The molecule has 2 amide bonds. The van der Waals surface area contributed by atoms with Crippen molar-refractivity contribution < 1.29 is 14.7 Å². The van der Waals surface area contributed by atoms with Crippen molar-refractivity contribution >= 4 is 23.4 Å². The Labute approximate surface area is 117 Å². The monoisotopic (exact) mass is 277 g/mol. The van der Waals surface area contributed by atoms with Crippen molar-refractivity contribution in [3.8, 4) is 0 Å². The number of anilines is 2. The molecule has 0 radical (unpaired) electrons. The summed E-state index contributed by atoms with van der Waals surface area (Å²) in [5, 5.41) is 14.5. The minimum atomic E-state index is -0.897. The molecule has 0 bridgehead atoms. The zero-order chi connectivity index (χ0) is 14.6. The number of rotatable bonds is 4. The van der Waals surface area contributed by atoms with E-state index < -0.39 is 17.5 Å². The van der Waals surface area contributed by atoms with E-state index in [2.05, 4.69) is 10.6 Å². The van der Waals surface area contributed by atoms with Crippen LogP contribution in [0.2, 0.25) is 0 Å². The average molecular weight is 277 g/mol. The molecule has 1 aliphatic carbocycles. The van der Waals surface area contributed by atoms with E-state index in [1.54, 1.807) is 24.3 Å². The summed E-state index contributed by atoms with van der Waals surface area (Å²) in [4.78, 5) is 23.0. The molecular weight excluding hydrogens is 258 g/mol. The van der Waals surface area contributed by atoms with Gasteiger partial charge in [0.15, 0.2) is 0 Å². The van der Waals surface area contributed by atoms with Gasteiger partial charge in [0.05, 0.1) is 23.3 Å². The zero-order valence-electron chi connectivity index (χ0n) is 11.2. The highest BCUT2D eigenvalue weighted by atomic mass is 16.4. The quantitative estimate of drug-likeness (QED) is 0.633. The van der Waals surface area contributed by atoms with E-state index in [1.807, 2.05) is 0 Å². The first-order valence-electron chi connectivity index (χ1n) is 6.66. The molecule has 1 aliphatic rings. The molecule has 0 saturated heterocycles. The number of carbonyl (C=O) groups excluding carboxylic acids is 1. The molecule has 1 aromatic carbocycles. The fourth-order valence-electron chi connectivity index (χ4n) is 2.69. The fourth-order valence-corrected chi connectivity index (χ4v) is 2.69. The predicted octanol–water partition coefficient (Wildman–Crippen LogP) is 2.18. The van der Waals surface area contributed by atoms with Gasteiger partial charge in [0, 0.05) is 0 Å². The number of nitrogens with one attached hydrogen (secondary N) is 2. The van der Waals surface area contributed by atoms with Gasteiger partial charge in [-0.2, -0.15) is 0 Å². The number of hydrogen-bond donors (Lipinski definition) is 4. The maximum atomic E-state index is 12.0. The van der Waals surface area contributed by atoms with E-state index >= 15 is 0 Å². The van der Waals surface area contributed by atoms with Crippen LogP contribution in [-0.2, 0) is 4.79 Å². The Bertz CT molecular complexity index is 510. The number of carbonyl (C=O) groups is 2. The van der Waals surface area contributed by atoms with Gasteiger partial charge in [0.25, 0.3) is 0 Å². The first kappa shape index (κ1) is 14.2. The number of benzene rings is 1. The average Bonchev–Trinajstić information content (AvgIpc) is 2.79. The second-order valence-electron chi connectivity index (χ2n) is 5.22. The second kappa shape index (κ2) is 5.81. The molecule has 20 heavy (non-hydrogen) atoms. The lowest BCUT2D eigenvalue weighted by Gasteiger charge is -2.28. The molecule has 6 heteroatoms. The van der Waals surface area contributed by atoms with Gasteiger partial charge < -0.3 is 21.5 Å². The molecule has 1 saturated carbocycles. The van der Waals surface area contributed by atoms with Crippen molar-refractivity contribution in [2.24, 2.45) is 0 Å². The van der Waals surface area contributed by atoms with Crippen molar-refractivity contribution in [2.75, 3.05) is 11.1 Å². The van der Waals surface area contributed by atoms with Crippen molar-refractivity contribution in [1.82, 2.24) is 5.32 Å².